The van der Waals surface area contributed by atoms with Crippen molar-refractivity contribution in [2.24, 2.45) is 0 Å². The number of nitriles is 1. The molecular formula is C28H30N4O5S. The van der Waals surface area contributed by atoms with Gasteiger partial charge < -0.3 is 15.2 Å². The fourth-order valence-electron chi connectivity index (χ4n) is 4.07. The van der Waals surface area contributed by atoms with Crippen molar-refractivity contribution in [3.8, 4) is 11.9 Å². The number of aliphatic carboxylic acids is 1. The molecule has 9 nitrogen and oxygen atoms in total. The molecule has 10 heteroatoms. The van der Waals surface area contributed by atoms with Crippen LogP contribution in [0.4, 0.5) is 5.69 Å². The lowest BCUT2D eigenvalue weighted by Gasteiger charge is -2.20. The predicted molar refractivity (Wildman–Crippen MR) is 143 cm³/mol. The van der Waals surface area contributed by atoms with Gasteiger partial charge in [-0.15, -0.1) is 0 Å². The van der Waals surface area contributed by atoms with Crippen molar-refractivity contribution in [3.05, 3.63) is 90.0 Å². The van der Waals surface area contributed by atoms with Gasteiger partial charge in [-0.1, -0.05) is 42.5 Å². The van der Waals surface area contributed by atoms with E-state index in [-0.39, 0.29) is 30.0 Å². The highest BCUT2D eigenvalue weighted by atomic mass is 32.2. The number of carbonyl (C=O) groups is 1. The largest absolute Gasteiger partial charge is 0.489 e. The van der Waals surface area contributed by atoms with Gasteiger partial charge in [0, 0.05) is 17.6 Å². The van der Waals surface area contributed by atoms with Gasteiger partial charge in [-0.3, -0.25) is 15.4 Å². The first-order valence-electron chi connectivity index (χ1n) is 12.3. The first-order chi connectivity index (χ1) is 18.3. The number of ether oxygens (including phenoxy) is 1. The molecule has 0 aromatic heterocycles. The van der Waals surface area contributed by atoms with E-state index in [0.717, 1.165) is 24.1 Å². The Morgan fingerprint density at radius 2 is 1.79 bits per heavy atom. The highest BCUT2D eigenvalue weighted by molar-refractivity contribution is 7.91. The molecule has 4 rings (SSSR count). The van der Waals surface area contributed by atoms with Crippen molar-refractivity contribution >= 4 is 21.5 Å². The van der Waals surface area contributed by atoms with Gasteiger partial charge in [0.15, 0.2) is 22.3 Å². The molecular weight excluding hydrogens is 504 g/mol. The minimum absolute atomic E-state index is 0.113. The Hall–Kier alpha value is -4.07. The molecule has 2 unspecified atom stereocenters. The number of rotatable bonds is 14. The summed E-state index contributed by atoms with van der Waals surface area (Å²) in [6.07, 6.45) is 3.50. The van der Waals surface area contributed by atoms with Crippen molar-refractivity contribution in [2.45, 2.75) is 49.0 Å². The van der Waals surface area contributed by atoms with E-state index in [4.69, 9.17) is 10.00 Å². The molecule has 1 fully saturated rings. The van der Waals surface area contributed by atoms with E-state index in [1.54, 1.807) is 42.5 Å². The number of carboxylic acids is 1. The first-order valence-corrected chi connectivity index (χ1v) is 14.0. The standard InChI is InChI=1S/C28H30N4O5S/c29-19-30-28(31-23-9-10-23)32-24-8-4-5-20(15-24)17-37-25-11-13-26(14-12-25)38(35,36)18-22(16-27(33)34)21-6-2-1-3-7-21/h1-8,11-15,22-23,28,30-32H,9-10,16-18H2,(H,33,34). The summed E-state index contributed by atoms with van der Waals surface area (Å²) >= 11 is 0. The van der Waals surface area contributed by atoms with Crippen molar-refractivity contribution < 1.29 is 23.1 Å². The third-order valence-electron chi connectivity index (χ3n) is 6.13. The monoisotopic (exact) mass is 534 g/mol. The van der Waals surface area contributed by atoms with Crippen LogP contribution in [0.5, 0.6) is 5.75 Å². The maximum Gasteiger partial charge on any atom is 0.303 e. The predicted octanol–water partition coefficient (Wildman–Crippen LogP) is 3.82. The van der Waals surface area contributed by atoms with Crippen LogP contribution in [0.25, 0.3) is 0 Å². The zero-order chi connectivity index (χ0) is 27.0. The van der Waals surface area contributed by atoms with Crippen molar-refractivity contribution in [1.29, 1.82) is 5.26 Å². The van der Waals surface area contributed by atoms with E-state index in [9.17, 15) is 18.3 Å². The molecule has 0 aliphatic heterocycles. The molecule has 1 saturated carbocycles. The normalized spacial score (nSPS) is 14.6. The second-order valence-corrected chi connectivity index (χ2v) is 11.3. The fraction of sp³-hybridized carbons (Fsp3) is 0.286. The molecule has 4 N–H and O–H groups in total. The summed E-state index contributed by atoms with van der Waals surface area (Å²) in [7, 11) is -3.73. The van der Waals surface area contributed by atoms with Crippen molar-refractivity contribution in [1.82, 2.24) is 10.6 Å². The van der Waals surface area contributed by atoms with Gasteiger partial charge in [0.2, 0.25) is 0 Å². The summed E-state index contributed by atoms with van der Waals surface area (Å²) < 4.78 is 32.0. The Morgan fingerprint density at radius 3 is 2.45 bits per heavy atom. The van der Waals surface area contributed by atoms with Gasteiger partial charge in [0.05, 0.1) is 17.1 Å². The van der Waals surface area contributed by atoms with E-state index in [1.807, 2.05) is 30.5 Å². The van der Waals surface area contributed by atoms with Gasteiger partial charge in [0.25, 0.3) is 0 Å². The number of benzene rings is 3. The minimum Gasteiger partial charge on any atom is -0.489 e. The number of hydrogen-bond acceptors (Lipinski definition) is 8. The number of nitrogens with zero attached hydrogens (tertiary/aromatic N) is 1. The van der Waals surface area contributed by atoms with Crippen LogP contribution in [-0.4, -0.2) is 37.6 Å². The summed E-state index contributed by atoms with van der Waals surface area (Å²) in [5, 5.41) is 27.5. The summed E-state index contributed by atoms with van der Waals surface area (Å²) in [6.45, 7) is 0.267. The van der Waals surface area contributed by atoms with E-state index >= 15 is 0 Å². The molecule has 3 aromatic rings. The zero-order valence-corrected chi connectivity index (χ0v) is 21.5. The molecule has 2 atom stereocenters. The molecule has 1 aliphatic carbocycles. The number of nitrogens with one attached hydrogen (secondary N) is 3. The van der Waals surface area contributed by atoms with Gasteiger partial charge in [-0.25, -0.2) is 8.42 Å². The second-order valence-electron chi connectivity index (χ2n) is 9.22. The highest BCUT2D eigenvalue weighted by Crippen LogP contribution is 2.26. The molecule has 3 aromatic carbocycles. The third-order valence-corrected chi connectivity index (χ3v) is 7.96. The van der Waals surface area contributed by atoms with Crippen molar-refractivity contribution in [2.75, 3.05) is 11.1 Å². The molecule has 1 aliphatic rings. The van der Waals surface area contributed by atoms with Crippen LogP contribution in [0, 0.1) is 11.5 Å². The van der Waals surface area contributed by atoms with Crippen LogP contribution >= 0.6 is 0 Å². The third kappa shape index (κ3) is 7.96. The van der Waals surface area contributed by atoms with Gasteiger partial charge in [-0.2, -0.15) is 5.26 Å². The quantitative estimate of drug-likeness (QED) is 0.138. The minimum atomic E-state index is -3.73. The number of carboxylic acid groups (broad SMARTS) is 1. The fourth-order valence-corrected chi connectivity index (χ4v) is 5.65. The Morgan fingerprint density at radius 1 is 1.05 bits per heavy atom. The summed E-state index contributed by atoms with van der Waals surface area (Å²) in [6, 6.07) is 23.0. The molecule has 0 saturated heterocycles. The second kappa shape index (κ2) is 12.4. The maximum atomic E-state index is 13.1. The molecule has 0 spiro atoms. The molecule has 0 radical (unpaired) electrons. The molecule has 198 valence electrons. The van der Waals surface area contributed by atoms with E-state index in [0.29, 0.717) is 17.4 Å². The smallest absolute Gasteiger partial charge is 0.303 e. The van der Waals surface area contributed by atoms with Crippen LogP contribution in [0.1, 0.15) is 36.3 Å². The summed E-state index contributed by atoms with van der Waals surface area (Å²) in [5.74, 6) is -1.50. The van der Waals surface area contributed by atoms with Crippen molar-refractivity contribution in [3.63, 3.8) is 0 Å². The molecule has 0 heterocycles. The average molecular weight is 535 g/mol. The molecule has 0 bridgehead atoms. The Balaban J connectivity index is 1.37. The lowest BCUT2D eigenvalue weighted by Crippen LogP contribution is -2.47. The highest BCUT2D eigenvalue weighted by Gasteiger charge is 2.25. The Kier molecular flexibility index (Phi) is 8.84. The van der Waals surface area contributed by atoms with Gasteiger partial charge in [-0.05, 0) is 60.4 Å². The summed E-state index contributed by atoms with van der Waals surface area (Å²) in [5.41, 5.74) is 2.39. The topological polar surface area (TPSA) is 141 Å². The Labute approximate surface area is 222 Å². The lowest BCUT2D eigenvalue weighted by atomic mass is 9.98. The van der Waals surface area contributed by atoms with E-state index in [1.165, 1.54) is 12.1 Å². The van der Waals surface area contributed by atoms with E-state index < -0.39 is 21.7 Å². The van der Waals surface area contributed by atoms with Crippen LogP contribution in [0.15, 0.2) is 83.8 Å². The van der Waals surface area contributed by atoms with Crippen LogP contribution in [-0.2, 0) is 21.2 Å². The van der Waals surface area contributed by atoms with Gasteiger partial charge >= 0.3 is 5.97 Å². The van der Waals surface area contributed by atoms with Crippen LogP contribution in [0.2, 0.25) is 0 Å². The number of hydrogen-bond donors (Lipinski definition) is 4. The molecule has 38 heavy (non-hydrogen) atoms. The maximum absolute atomic E-state index is 13.1. The number of sulfone groups is 1. The van der Waals surface area contributed by atoms with E-state index in [2.05, 4.69) is 16.0 Å². The summed E-state index contributed by atoms with van der Waals surface area (Å²) in [4.78, 5) is 11.5. The first kappa shape index (κ1) is 27.0. The average Bonchev–Trinajstić information content (AvgIpc) is 3.72. The Bertz CT molecular complexity index is 1370. The lowest BCUT2D eigenvalue weighted by molar-refractivity contribution is -0.137. The number of anilines is 1. The van der Waals surface area contributed by atoms with Crippen LogP contribution in [0.3, 0.4) is 0 Å². The van der Waals surface area contributed by atoms with Gasteiger partial charge in [0.1, 0.15) is 12.4 Å². The SMILES string of the molecule is N#CNC(Nc1cccc(COc2ccc(S(=O)(=O)CC(CC(=O)O)c3ccccc3)cc2)c1)NC1CC1. The zero-order valence-electron chi connectivity index (χ0n) is 20.7. The molecule has 0 amide bonds. The van der Waals surface area contributed by atoms with Crippen LogP contribution < -0.4 is 20.7 Å².